The maximum atomic E-state index is 5.48. The molecule has 3 aromatic rings. The minimum atomic E-state index is 0.389. The number of piperazine rings is 1. The van der Waals surface area contributed by atoms with Crippen molar-refractivity contribution in [2.45, 2.75) is 26.0 Å². The first kappa shape index (κ1) is 17.0. The average molecular weight is 382 g/mol. The highest BCUT2D eigenvalue weighted by molar-refractivity contribution is 7.16. The summed E-state index contributed by atoms with van der Waals surface area (Å²) in [5.74, 6) is 0.867. The van der Waals surface area contributed by atoms with Crippen LogP contribution >= 0.6 is 11.3 Å². The largest absolute Gasteiger partial charge is 0.376 e. The van der Waals surface area contributed by atoms with Crippen LogP contribution < -0.4 is 4.90 Å². The van der Waals surface area contributed by atoms with E-state index in [1.165, 1.54) is 10.3 Å². The summed E-state index contributed by atoms with van der Waals surface area (Å²) in [6, 6.07) is 7.06. The number of ether oxygens (including phenoxy) is 1. The molecule has 0 radical (unpaired) electrons. The predicted molar refractivity (Wildman–Crippen MR) is 107 cm³/mol. The molecular weight excluding hydrogens is 358 g/mol. The Hall–Kier alpha value is -2.09. The van der Waals surface area contributed by atoms with Crippen molar-refractivity contribution in [3.05, 3.63) is 46.7 Å². The molecule has 0 spiro atoms. The molecule has 6 nitrogen and oxygen atoms in total. The molecule has 4 heterocycles. The van der Waals surface area contributed by atoms with Crippen molar-refractivity contribution < 1.29 is 4.74 Å². The third-order valence-corrected chi connectivity index (χ3v) is 6.47. The monoisotopic (exact) mass is 381 g/mol. The maximum Gasteiger partial charge on any atom is 0.225 e. The van der Waals surface area contributed by atoms with Crippen LogP contribution in [0.5, 0.6) is 0 Å². The quantitative estimate of drug-likeness (QED) is 0.695. The number of fused-ring (bicyclic) bond motifs is 2. The summed E-state index contributed by atoms with van der Waals surface area (Å²) in [5.41, 5.74) is 6.65. The van der Waals surface area contributed by atoms with Gasteiger partial charge in [0.15, 0.2) is 0 Å². The van der Waals surface area contributed by atoms with Gasteiger partial charge in [-0.1, -0.05) is 6.07 Å². The molecule has 1 aromatic carbocycles. The van der Waals surface area contributed by atoms with Crippen molar-refractivity contribution in [1.29, 1.82) is 0 Å². The van der Waals surface area contributed by atoms with Crippen LogP contribution in [0.3, 0.4) is 0 Å². The number of rotatable bonds is 3. The summed E-state index contributed by atoms with van der Waals surface area (Å²) >= 11 is 1.70. The standard InChI is InChI=1S/C20H23N5OS/c1-14(15-2-3-19-18(10-15)22-13-27-19)24-5-7-25(8-6-24)20-21-11-16-12-26-9-4-17(16)23-20/h2-3,10-11,13-14H,4-9,12H2,1H3. The van der Waals surface area contributed by atoms with Crippen molar-refractivity contribution >= 4 is 27.5 Å². The molecule has 0 saturated carbocycles. The van der Waals surface area contributed by atoms with Crippen LogP contribution in [0.15, 0.2) is 29.9 Å². The minimum Gasteiger partial charge on any atom is -0.376 e. The first-order valence-corrected chi connectivity index (χ1v) is 10.4. The van der Waals surface area contributed by atoms with Gasteiger partial charge in [0, 0.05) is 50.4 Å². The Morgan fingerprint density at radius 1 is 1.15 bits per heavy atom. The molecule has 5 rings (SSSR count). The Morgan fingerprint density at radius 2 is 2.04 bits per heavy atom. The highest BCUT2D eigenvalue weighted by Crippen LogP contribution is 2.27. The zero-order valence-electron chi connectivity index (χ0n) is 15.5. The molecule has 0 bridgehead atoms. The van der Waals surface area contributed by atoms with E-state index in [-0.39, 0.29) is 0 Å². The summed E-state index contributed by atoms with van der Waals surface area (Å²) < 4.78 is 6.74. The van der Waals surface area contributed by atoms with Gasteiger partial charge in [-0.25, -0.2) is 15.0 Å². The Bertz CT molecular complexity index is 950. The molecule has 0 aliphatic carbocycles. The number of hydrogen-bond donors (Lipinski definition) is 0. The van der Waals surface area contributed by atoms with E-state index >= 15 is 0 Å². The smallest absolute Gasteiger partial charge is 0.225 e. The molecule has 1 fully saturated rings. The maximum absolute atomic E-state index is 5.48. The van der Waals surface area contributed by atoms with Crippen molar-refractivity contribution in [3.8, 4) is 0 Å². The van der Waals surface area contributed by atoms with Crippen molar-refractivity contribution in [1.82, 2.24) is 19.9 Å². The average Bonchev–Trinajstić information content (AvgIpc) is 3.21. The van der Waals surface area contributed by atoms with E-state index in [2.05, 4.69) is 44.9 Å². The Kier molecular flexibility index (Phi) is 4.51. The molecule has 0 N–H and O–H groups in total. The zero-order valence-corrected chi connectivity index (χ0v) is 16.3. The van der Waals surface area contributed by atoms with E-state index in [4.69, 9.17) is 9.72 Å². The zero-order chi connectivity index (χ0) is 18.2. The summed E-state index contributed by atoms with van der Waals surface area (Å²) in [5, 5.41) is 0. The van der Waals surface area contributed by atoms with Crippen LogP contribution in [0.2, 0.25) is 0 Å². The van der Waals surface area contributed by atoms with Gasteiger partial charge in [-0.05, 0) is 24.6 Å². The lowest BCUT2D eigenvalue weighted by Gasteiger charge is -2.38. The van der Waals surface area contributed by atoms with Crippen LogP contribution in [-0.2, 0) is 17.8 Å². The third-order valence-electron chi connectivity index (χ3n) is 5.66. The van der Waals surface area contributed by atoms with Gasteiger partial charge < -0.3 is 9.64 Å². The second-order valence-electron chi connectivity index (χ2n) is 7.22. The van der Waals surface area contributed by atoms with Gasteiger partial charge >= 0.3 is 0 Å². The minimum absolute atomic E-state index is 0.389. The highest BCUT2D eigenvalue weighted by Gasteiger charge is 2.24. The predicted octanol–water partition coefficient (Wildman–Crippen LogP) is 3.04. The fourth-order valence-electron chi connectivity index (χ4n) is 3.93. The SMILES string of the molecule is CC(c1ccc2scnc2c1)N1CCN(c2ncc3c(n2)CCOC3)CC1. The van der Waals surface area contributed by atoms with E-state index in [0.29, 0.717) is 12.6 Å². The molecule has 27 heavy (non-hydrogen) atoms. The molecule has 2 aromatic heterocycles. The number of hydrogen-bond acceptors (Lipinski definition) is 7. The van der Waals surface area contributed by atoms with E-state index in [0.717, 1.165) is 61.9 Å². The molecule has 2 aliphatic rings. The number of thiazole rings is 1. The van der Waals surface area contributed by atoms with Gasteiger partial charge in [-0.15, -0.1) is 11.3 Å². The van der Waals surface area contributed by atoms with Crippen LogP contribution in [0, 0.1) is 0 Å². The van der Waals surface area contributed by atoms with E-state index in [1.807, 2.05) is 11.7 Å². The molecule has 1 atom stereocenters. The van der Waals surface area contributed by atoms with Crippen LogP contribution in [-0.4, -0.2) is 52.6 Å². The molecule has 140 valence electrons. The second kappa shape index (κ2) is 7.14. The fourth-order valence-corrected chi connectivity index (χ4v) is 4.59. The lowest BCUT2D eigenvalue weighted by atomic mass is 10.1. The Balaban J connectivity index is 1.27. The second-order valence-corrected chi connectivity index (χ2v) is 8.11. The first-order chi connectivity index (χ1) is 13.3. The van der Waals surface area contributed by atoms with E-state index in [9.17, 15) is 0 Å². The summed E-state index contributed by atoms with van der Waals surface area (Å²) in [6.07, 6.45) is 2.83. The van der Waals surface area contributed by atoms with E-state index in [1.54, 1.807) is 11.3 Å². The van der Waals surface area contributed by atoms with Crippen LogP contribution in [0.1, 0.15) is 29.8 Å². The first-order valence-electron chi connectivity index (χ1n) is 9.52. The number of benzene rings is 1. The summed E-state index contributed by atoms with van der Waals surface area (Å²) in [7, 11) is 0. The summed E-state index contributed by atoms with van der Waals surface area (Å²) in [6.45, 7) is 7.64. The van der Waals surface area contributed by atoms with Crippen LogP contribution in [0.25, 0.3) is 10.2 Å². The highest BCUT2D eigenvalue weighted by atomic mass is 32.1. The molecule has 0 amide bonds. The third kappa shape index (κ3) is 3.31. The van der Waals surface area contributed by atoms with E-state index < -0.39 is 0 Å². The number of anilines is 1. The van der Waals surface area contributed by atoms with Crippen LogP contribution in [0.4, 0.5) is 5.95 Å². The lowest BCUT2D eigenvalue weighted by Crippen LogP contribution is -2.47. The van der Waals surface area contributed by atoms with Crippen molar-refractivity contribution in [2.24, 2.45) is 0 Å². The lowest BCUT2D eigenvalue weighted by molar-refractivity contribution is 0.109. The van der Waals surface area contributed by atoms with Gasteiger partial charge in [0.25, 0.3) is 0 Å². The number of nitrogens with zero attached hydrogens (tertiary/aromatic N) is 5. The molecule has 1 saturated heterocycles. The normalized spacial score (nSPS) is 19.2. The molecule has 2 aliphatic heterocycles. The van der Waals surface area contributed by atoms with Gasteiger partial charge in [-0.3, -0.25) is 4.90 Å². The molecule has 7 heteroatoms. The van der Waals surface area contributed by atoms with Crippen molar-refractivity contribution in [2.75, 3.05) is 37.7 Å². The van der Waals surface area contributed by atoms with Gasteiger partial charge in [-0.2, -0.15) is 0 Å². The topological polar surface area (TPSA) is 54.4 Å². The van der Waals surface area contributed by atoms with Gasteiger partial charge in [0.05, 0.1) is 34.6 Å². The Labute approximate surface area is 162 Å². The summed E-state index contributed by atoms with van der Waals surface area (Å²) in [4.78, 5) is 18.7. The molecule has 1 unspecified atom stereocenters. The Morgan fingerprint density at radius 3 is 2.93 bits per heavy atom. The van der Waals surface area contributed by atoms with Crippen molar-refractivity contribution in [3.63, 3.8) is 0 Å². The fraction of sp³-hybridized carbons (Fsp3) is 0.450. The number of aromatic nitrogens is 3. The van der Waals surface area contributed by atoms with Gasteiger partial charge in [0.2, 0.25) is 5.95 Å². The molecular formula is C20H23N5OS. The van der Waals surface area contributed by atoms with Gasteiger partial charge in [0.1, 0.15) is 0 Å².